The van der Waals surface area contributed by atoms with Crippen molar-refractivity contribution in [3.05, 3.63) is 54.3 Å². The van der Waals surface area contributed by atoms with Gasteiger partial charge in [-0.05, 0) is 13.0 Å². The topological polar surface area (TPSA) is 35.0 Å². The first-order chi connectivity index (χ1) is 8.26. The van der Waals surface area contributed by atoms with E-state index >= 15 is 0 Å². The standard InChI is InChI=1S/C12H12N2O.C2H6/c1-4-10-11(5-2)15-7-9-6-13-8(3)14-12(9)10;1-2/h4-6H,1-2,7H2,3H3;1-2H3. The molecule has 1 aromatic rings. The van der Waals surface area contributed by atoms with Crippen molar-refractivity contribution in [2.24, 2.45) is 0 Å². The van der Waals surface area contributed by atoms with E-state index in [0.29, 0.717) is 6.61 Å². The maximum atomic E-state index is 5.51. The van der Waals surface area contributed by atoms with Gasteiger partial charge < -0.3 is 4.74 Å². The van der Waals surface area contributed by atoms with Gasteiger partial charge >= 0.3 is 0 Å². The van der Waals surface area contributed by atoms with Crippen molar-refractivity contribution in [2.75, 3.05) is 0 Å². The number of aryl methyl sites for hydroxylation is 1. The van der Waals surface area contributed by atoms with E-state index in [0.717, 1.165) is 28.4 Å². The second-order valence-corrected chi connectivity index (χ2v) is 3.27. The summed E-state index contributed by atoms with van der Waals surface area (Å²) in [5, 5.41) is 0. The lowest BCUT2D eigenvalue weighted by Crippen LogP contribution is -2.09. The number of hydrogen-bond acceptors (Lipinski definition) is 3. The molecule has 1 aliphatic heterocycles. The quantitative estimate of drug-likeness (QED) is 0.780. The van der Waals surface area contributed by atoms with Crippen LogP contribution in [0, 0.1) is 6.92 Å². The molecule has 0 saturated carbocycles. The third kappa shape index (κ3) is 2.61. The second-order valence-electron chi connectivity index (χ2n) is 3.27. The van der Waals surface area contributed by atoms with Crippen molar-refractivity contribution in [2.45, 2.75) is 27.4 Å². The Hall–Kier alpha value is -1.90. The van der Waals surface area contributed by atoms with Crippen LogP contribution in [0.4, 0.5) is 0 Å². The van der Waals surface area contributed by atoms with Crippen molar-refractivity contribution < 1.29 is 4.74 Å². The molecule has 0 radical (unpaired) electrons. The molecule has 3 heteroatoms. The van der Waals surface area contributed by atoms with E-state index in [9.17, 15) is 0 Å². The van der Waals surface area contributed by atoms with Gasteiger partial charge in [0.1, 0.15) is 18.2 Å². The summed E-state index contributed by atoms with van der Waals surface area (Å²) in [4.78, 5) is 8.53. The number of rotatable bonds is 2. The normalized spacial score (nSPS) is 12.9. The summed E-state index contributed by atoms with van der Waals surface area (Å²) in [5.74, 6) is 1.48. The van der Waals surface area contributed by atoms with Gasteiger partial charge in [-0.2, -0.15) is 0 Å². The molecule has 1 aromatic heterocycles. The summed E-state index contributed by atoms with van der Waals surface area (Å²) in [7, 11) is 0. The molecule has 0 aliphatic carbocycles. The zero-order valence-electron chi connectivity index (χ0n) is 10.7. The van der Waals surface area contributed by atoms with Gasteiger partial charge in [0.2, 0.25) is 0 Å². The monoisotopic (exact) mass is 230 g/mol. The molecule has 1 aliphatic rings. The Morgan fingerprint density at radius 2 is 2.00 bits per heavy atom. The van der Waals surface area contributed by atoms with Gasteiger partial charge in [0.25, 0.3) is 0 Å². The molecule has 2 rings (SSSR count). The van der Waals surface area contributed by atoms with E-state index in [1.54, 1.807) is 18.3 Å². The summed E-state index contributed by atoms with van der Waals surface area (Å²) < 4.78 is 5.51. The average molecular weight is 230 g/mol. The van der Waals surface area contributed by atoms with E-state index in [1.807, 2.05) is 20.8 Å². The summed E-state index contributed by atoms with van der Waals surface area (Å²) in [6.07, 6.45) is 5.21. The average Bonchev–Trinajstić information content (AvgIpc) is 2.39. The minimum Gasteiger partial charge on any atom is -0.488 e. The maximum absolute atomic E-state index is 5.51. The van der Waals surface area contributed by atoms with Crippen LogP contribution < -0.4 is 0 Å². The summed E-state index contributed by atoms with van der Waals surface area (Å²) in [6.45, 7) is 13.8. The van der Waals surface area contributed by atoms with Gasteiger partial charge in [0, 0.05) is 17.3 Å². The van der Waals surface area contributed by atoms with E-state index < -0.39 is 0 Å². The first-order valence-electron chi connectivity index (χ1n) is 5.71. The molecule has 0 fully saturated rings. The smallest absolute Gasteiger partial charge is 0.128 e. The van der Waals surface area contributed by atoms with Gasteiger partial charge in [-0.15, -0.1) is 0 Å². The van der Waals surface area contributed by atoms with E-state index in [-0.39, 0.29) is 0 Å². The zero-order valence-corrected chi connectivity index (χ0v) is 10.7. The van der Waals surface area contributed by atoms with Crippen molar-refractivity contribution >= 4 is 5.57 Å². The fraction of sp³-hybridized carbons (Fsp3) is 0.286. The van der Waals surface area contributed by atoms with Crippen LogP contribution in [-0.4, -0.2) is 9.97 Å². The van der Waals surface area contributed by atoms with E-state index in [2.05, 4.69) is 23.1 Å². The summed E-state index contributed by atoms with van der Waals surface area (Å²) in [6, 6.07) is 0. The van der Waals surface area contributed by atoms with Crippen LogP contribution in [0.3, 0.4) is 0 Å². The fourth-order valence-corrected chi connectivity index (χ4v) is 1.55. The zero-order chi connectivity index (χ0) is 12.8. The van der Waals surface area contributed by atoms with Gasteiger partial charge in [-0.25, -0.2) is 9.97 Å². The number of allylic oxidation sites excluding steroid dienone is 3. The molecule has 3 nitrogen and oxygen atoms in total. The minimum atomic E-state index is 0.494. The molecule has 0 saturated heterocycles. The minimum absolute atomic E-state index is 0.494. The molecule has 0 N–H and O–H groups in total. The molecular formula is C14H18N2O. The highest BCUT2D eigenvalue weighted by atomic mass is 16.5. The Labute approximate surface area is 103 Å². The number of aromatic nitrogens is 2. The fourth-order valence-electron chi connectivity index (χ4n) is 1.55. The Balaban J connectivity index is 0.000000686. The number of nitrogens with zero attached hydrogens (tertiary/aromatic N) is 2. The molecule has 0 aromatic carbocycles. The molecule has 0 amide bonds. The maximum Gasteiger partial charge on any atom is 0.128 e. The highest BCUT2D eigenvalue weighted by Crippen LogP contribution is 2.28. The van der Waals surface area contributed by atoms with Crippen LogP contribution in [0.15, 0.2) is 37.3 Å². The summed E-state index contributed by atoms with van der Waals surface area (Å²) in [5.41, 5.74) is 2.77. The second kappa shape index (κ2) is 5.99. The molecule has 0 unspecified atom stereocenters. The molecular weight excluding hydrogens is 212 g/mol. The SMILES string of the molecule is C=CC1=C(C=C)c2nc(C)ncc2CO1.CC. The third-order valence-electron chi connectivity index (χ3n) is 2.28. The molecule has 0 spiro atoms. The van der Waals surface area contributed by atoms with Crippen molar-refractivity contribution in [3.63, 3.8) is 0 Å². The predicted octanol–water partition coefficient (Wildman–Crippen LogP) is 3.42. The summed E-state index contributed by atoms with van der Waals surface area (Å²) >= 11 is 0. The van der Waals surface area contributed by atoms with Crippen LogP contribution in [0.2, 0.25) is 0 Å². The first kappa shape index (κ1) is 13.2. The van der Waals surface area contributed by atoms with Crippen molar-refractivity contribution in [1.82, 2.24) is 9.97 Å². The van der Waals surface area contributed by atoms with Crippen LogP contribution >= 0.6 is 0 Å². The van der Waals surface area contributed by atoms with E-state index in [4.69, 9.17) is 4.74 Å². The van der Waals surface area contributed by atoms with Crippen LogP contribution in [-0.2, 0) is 11.3 Å². The lowest BCUT2D eigenvalue weighted by molar-refractivity contribution is 0.207. The Morgan fingerprint density at radius 1 is 1.29 bits per heavy atom. The van der Waals surface area contributed by atoms with Crippen LogP contribution in [0.5, 0.6) is 0 Å². The highest BCUT2D eigenvalue weighted by Gasteiger charge is 2.18. The van der Waals surface area contributed by atoms with Gasteiger partial charge in [-0.3, -0.25) is 0 Å². The predicted molar refractivity (Wildman–Crippen MR) is 70.2 cm³/mol. The molecule has 17 heavy (non-hydrogen) atoms. The van der Waals surface area contributed by atoms with E-state index in [1.165, 1.54) is 0 Å². The van der Waals surface area contributed by atoms with Crippen LogP contribution in [0.25, 0.3) is 5.57 Å². The largest absolute Gasteiger partial charge is 0.488 e. The number of fused-ring (bicyclic) bond motifs is 1. The van der Waals surface area contributed by atoms with Crippen LogP contribution in [0.1, 0.15) is 30.9 Å². The lowest BCUT2D eigenvalue weighted by atomic mass is 10.0. The lowest BCUT2D eigenvalue weighted by Gasteiger charge is -2.19. The molecule has 0 bridgehead atoms. The van der Waals surface area contributed by atoms with Crippen molar-refractivity contribution in [1.29, 1.82) is 0 Å². The van der Waals surface area contributed by atoms with Gasteiger partial charge in [-0.1, -0.05) is 33.1 Å². The molecule has 0 atom stereocenters. The third-order valence-corrected chi connectivity index (χ3v) is 2.28. The Bertz CT molecular complexity index is 461. The molecule has 2 heterocycles. The van der Waals surface area contributed by atoms with Gasteiger partial charge in [0.15, 0.2) is 0 Å². The molecule has 90 valence electrons. The number of ether oxygens (including phenoxy) is 1. The van der Waals surface area contributed by atoms with Gasteiger partial charge in [0.05, 0.1) is 5.69 Å². The number of hydrogen-bond donors (Lipinski definition) is 0. The van der Waals surface area contributed by atoms with Crippen molar-refractivity contribution in [3.8, 4) is 0 Å². The first-order valence-corrected chi connectivity index (χ1v) is 5.71. The Morgan fingerprint density at radius 3 is 2.59 bits per heavy atom. The highest BCUT2D eigenvalue weighted by molar-refractivity contribution is 5.77. The Kier molecular flexibility index (Phi) is 4.64.